The number of carbonyl (C=O) groups excluding carboxylic acids is 1. The second-order valence-electron chi connectivity index (χ2n) is 5.61. The maximum Gasteiger partial charge on any atom is 0.310 e. The van der Waals surface area contributed by atoms with Crippen molar-refractivity contribution in [1.82, 2.24) is 0 Å². The third-order valence-electron chi connectivity index (χ3n) is 3.87. The number of hydrogen-bond acceptors (Lipinski definition) is 2. The molecule has 2 unspecified atom stereocenters. The van der Waals surface area contributed by atoms with Crippen LogP contribution in [0, 0.1) is 28.9 Å². The van der Waals surface area contributed by atoms with Crippen molar-refractivity contribution in [2.75, 3.05) is 0 Å². The number of benzene rings is 1. The molecule has 0 bridgehead atoms. The van der Waals surface area contributed by atoms with Crippen LogP contribution in [0.1, 0.15) is 19.4 Å². The molecule has 2 rings (SSSR count). The maximum atomic E-state index is 13.5. The van der Waals surface area contributed by atoms with Crippen molar-refractivity contribution in [2.45, 2.75) is 20.5 Å². The van der Waals surface area contributed by atoms with E-state index in [0.717, 1.165) is 12.1 Å². The quantitative estimate of drug-likeness (QED) is 0.752. The van der Waals surface area contributed by atoms with E-state index in [9.17, 15) is 13.6 Å². The Hall–Kier alpha value is -1.13. The zero-order valence-corrected chi connectivity index (χ0v) is 13.0. The Morgan fingerprint density at radius 3 is 2.62 bits per heavy atom. The second-order valence-corrected chi connectivity index (χ2v) is 6.27. The van der Waals surface area contributed by atoms with E-state index >= 15 is 0 Å². The van der Waals surface area contributed by atoms with Gasteiger partial charge < -0.3 is 4.74 Å². The van der Waals surface area contributed by atoms with E-state index in [0.29, 0.717) is 5.03 Å². The summed E-state index contributed by atoms with van der Waals surface area (Å²) in [4.78, 5) is 12.1. The van der Waals surface area contributed by atoms with Crippen molar-refractivity contribution in [2.24, 2.45) is 17.3 Å². The molecule has 1 aliphatic rings. The number of allylic oxidation sites excluding steroid dienone is 1. The normalized spacial score (nSPS) is 23.8. The Morgan fingerprint density at radius 2 is 2.05 bits per heavy atom. The highest BCUT2D eigenvalue weighted by molar-refractivity contribution is 6.37. The van der Waals surface area contributed by atoms with Gasteiger partial charge in [0.05, 0.1) is 5.92 Å². The predicted molar refractivity (Wildman–Crippen MR) is 76.7 cm³/mol. The largest absolute Gasteiger partial charge is 0.460 e. The monoisotopic (exact) mass is 334 g/mol. The first kappa shape index (κ1) is 16.2. The molecule has 2 nitrogen and oxygen atoms in total. The van der Waals surface area contributed by atoms with Crippen LogP contribution in [0.25, 0.3) is 0 Å². The molecule has 114 valence electrons. The van der Waals surface area contributed by atoms with Crippen LogP contribution in [0.4, 0.5) is 8.78 Å². The summed E-state index contributed by atoms with van der Waals surface area (Å²) in [5, 5.41) is 0.400. The van der Waals surface area contributed by atoms with Crippen LogP contribution >= 0.6 is 23.2 Å². The summed E-state index contributed by atoms with van der Waals surface area (Å²) in [7, 11) is 0. The maximum absolute atomic E-state index is 13.5. The summed E-state index contributed by atoms with van der Waals surface area (Å²) in [6.45, 7) is 3.52. The predicted octanol–water partition coefficient (Wildman–Crippen LogP) is 4.60. The number of hydrogen-bond donors (Lipinski definition) is 0. The smallest absolute Gasteiger partial charge is 0.310 e. The molecular formula is C15H14Cl2F2O2. The molecule has 0 aromatic heterocycles. The van der Waals surface area contributed by atoms with Crippen LogP contribution in [0.15, 0.2) is 28.8 Å². The Bertz CT molecular complexity index is 599. The van der Waals surface area contributed by atoms with Gasteiger partial charge in [0, 0.05) is 28.1 Å². The lowest BCUT2D eigenvalue weighted by Gasteiger charge is -2.06. The molecule has 1 aliphatic carbocycles. The molecule has 0 radical (unpaired) electrons. The van der Waals surface area contributed by atoms with Crippen molar-refractivity contribution in [3.05, 3.63) is 46.0 Å². The van der Waals surface area contributed by atoms with Gasteiger partial charge in [0.1, 0.15) is 18.2 Å². The SMILES string of the molecule is CC1(C)C(C(=O)OCc2ccc(F)cc2F)C1C(Cl)=CCl. The topological polar surface area (TPSA) is 26.3 Å². The molecule has 0 aliphatic heterocycles. The molecule has 6 heteroatoms. The van der Waals surface area contributed by atoms with Crippen LogP contribution in [-0.2, 0) is 16.1 Å². The summed E-state index contributed by atoms with van der Waals surface area (Å²) < 4.78 is 31.3. The summed E-state index contributed by atoms with van der Waals surface area (Å²) in [5.74, 6) is -2.49. The first-order valence-electron chi connectivity index (χ1n) is 6.35. The molecule has 1 aromatic rings. The lowest BCUT2D eigenvalue weighted by molar-refractivity contribution is -0.147. The fourth-order valence-electron chi connectivity index (χ4n) is 2.54. The van der Waals surface area contributed by atoms with E-state index in [4.69, 9.17) is 27.9 Å². The Kier molecular flexibility index (Phi) is 4.59. The molecule has 0 saturated heterocycles. The highest BCUT2D eigenvalue weighted by Gasteiger charge is 2.64. The van der Waals surface area contributed by atoms with Gasteiger partial charge in [0.25, 0.3) is 0 Å². The number of halogens is 4. The van der Waals surface area contributed by atoms with E-state index in [1.165, 1.54) is 11.6 Å². The molecule has 0 spiro atoms. The molecule has 21 heavy (non-hydrogen) atoms. The Labute approximate surface area is 131 Å². The zero-order valence-electron chi connectivity index (χ0n) is 11.5. The van der Waals surface area contributed by atoms with Crippen molar-refractivity contribution in [1.29, 1.82) is 0 Å². The number of carbonyl (C=O) groups is 1. The number of ether oxygens (including phenoxy) is 1. The number of esters is 1. The third-order valence-corrected chi connectivity index (χ3v) is 4.56. The fraction of sp³-hybridized carbons (Fsp3) is 0.400. The van der Waals surface area contributed by atoms with E-state index in [2.05, 4.69) is 0 Å². The first-order chi connectivity index (χ1) is 9.78. The van der Waals surface area contributed by atoms with Gasteiger partial charge >= 0.3 is 5.97 Å². The highest BCUT2D eigenvalue weighted by atomic mass is 35.5. The van der Waals surface area contributed by atoms with E-state index in [1.54, 1.807) is 0 Å². The van der Waals surface area contributed by atoms with Crippen molar-refractivity contribution in [3.63, 3.8) is 0 Å². The summed E-state index contributed by atoms with van der Waals surface area (Å²) in [5.41, 5.74) is 1.01. The van der Waals surface area contributed by atoms with Gasteiger partial charge in [0.15, 0.2) is 0 Å². The zero-order chi connectivity index (χ0) is 15.8. The van der Waals surface area contributed by atoms with Crippen LogP contribution in [-0.4, -0.2) is 5.97 Å². The molecule has 1 fully saturated rings. The average molecular weight is 335 g/mol. The third kappa shape index (κ3) is 3.22. The van der Waals surface area contributed by atoms with Gasteiger partial charge in [-0.3, -0.25) is 4.79 Å². The fourth-order valence-corrected chi connectivity index (χ4v) is 3.08. The molecule has 0 amide bonds. The first-order valence-corrected chi connectivity index (χ1v) is 7.16. The minimum Gasteiger partial charge on any atom is -0.460 e. The van der Waals surface area contributed by atoms with Gasteiger partial charge in [-0.15, -0.1) is 0 Å². The van der Waals surface area contributed by atoms with Gasteiger partial charge in [-0.1, -0.05) is 37.0 Å². The molecule has 1 saturated carbocycles. The molecule has 0 heterocycles. The van der Waals surface area contributed by atoms with Gasteiger partial charge in [0.2, 0.25) is 0 Å². The van der Waals surface area contributed by atoms with Crippen LogP contribution < -0.4 is 0 Å². The lowest BCUT2D eigenvalue weighted by Crippen LogP contribution is -2.11. The summed E-state index contributed by atoms with van der Waals surface area (Å²) in [6, 6.07) is 3.11. The van der Waals surface area contributed by atoms with Crippen molar-refractivity contribution >= 4 is 29.2 Å². The van der Waals surface area contributed by atoms with E-state index in [1.807, 2.05) is 13.8 Å². The second kappa shape index (κ2) is 5.93. The van der Waals surface area contributed by atoms with Gasteiger partial charge in [-0.05, 0) is 17.5 Å². The Morgan fingerprint density at radius 1 is 1.38 bits per heavy atom. The lowest BCUT2D eigenvalue weighted by atomic mass is 10.1. The van der Waals surface area contributed by atoms with Crippen molar-refractivity contribution < 1.29 is 18.3 Å². The minimum absolute atomic E-state index is 0.124. The minimum atomic E-state index is -0.743. The van der Waals surface area contributed by atoms with Gasteiger partial charge in [-0.25, -0.2) is 8.78 Å². The molecule has 1 aromatic carbocycles. The average Bonchev–Trinajstić information content (AvgIpc) is 2.99. The molecule has 0 N–H and O–H groups in total. The van der Waals surface area contributed by atoms with Crippen LogP contribution in [0.3, 0.4) is 0 Å². The standard InChI is InChI=1S/C15H14Cl2F2O2/c1-15(2)12(10(17)6-16)13(15)14(20)21-7-8-3-4-9(18)5-11(8)19/h3-6,12-13H,7H2,1-2H3. The Balaban J connectivity index is 2.00. The highest BCUT2D eigenvalue weighted by Crippen LogP contribution is 2.63. The van der Waals surface area contributed by atoms with Crippen LogP contribution in [0.2, 0.25) is 0 Å². The van der Waals surface area contributed by atoms with Crippen molar-refractivity contribution in [3.8, 4) is 0 Å². The van der Waals surface area contributed by atoms with E-state index < -0.39 is 23.5 Å². The summed E-state index contributed by atoms with van der Waals surface area (Å²) in [6.07, 6.45) is 0. The van der Waals surface area contributed by atoms with E-state index in [-0.39, 0.29) is 23.5 Å². The van der Waals surface area contributed by atoms with Gasteiger partial charge in [-0.2, -0.15) is 0 Å². The molecular weight excluding hydrogens is 321 g/mol. The van der Waals surface area contributed by atoms with Crippen LogP contribution in [0.5, 0.6) is 0 Å². The summed E-state index contributed by atoms with van der Waals surface area (Å²) >= 11 is 11.5. The molecule has 2 atom stereocenters. The number of rotatable bonds is 4.